The van der Waals surface area contributed by atoms with E-state index >= 15 is 0 Å². The van der Waals surface area contributed by atoms with Crippen LogP contribution in [0.15, 0.2) is 0 Å². The lowest BCUT2D eigenvalue weighted by atomic mass is 10.1. The highest BCUT2D eigenvalue weighted by Crippen LogP contribution is 2.16. The molecule has 0 spiro atoms. The van der Waals surface area contributed by atoms with Crippen LogP contribution in [0, 0.1) is 5.92 Å². The highest BCUT2D eigenvalue weighted by Gasteiger charge is 1.97. The van der Waals surface area contributed by atoms with E-state index in [4.69, 9.17) is 0 Å². The van der Waals surface area contributed by atoms with Crippen molar-refractivity contribution >= 4 is 8.58 Å². The van der Waals surface area contributed by atoms with Gasteiger partial charge in [0.1, 0.15) is 0 Å². The van der Waals surface area contributed by atoms with Crippen molar-refractivity contribution < 1.29 is 0 Å². The lowest BCUT2D eigenvalue weighted by molar-refractivity contribution is 0.578. The molecule has 0 saturated heterocycles. The molecule has 0 bridgehead atoms. The average Bonchev–Trinajstić information content (AvgIpc) is 1.96. The van der Waals surface area contributed by atoms with E-state index in [0.717, 1.165) is 14.5 Å². The lowest BCUT2D eigenvalue weighted by Gasteiger charge is -2.00. The predicted molar refractivity (Wildman–Crippen MR) is 58.4 cm³/mol. The Morgan fingerprint density at radius 2 is 1.73 bits per heavy atom. The Bertz CT molecular complexity index is 69.3. The number of hydrogen-bond donors (Lipinski definition) is 0. The SMILES string of the molecule is CCCC[PH2+]CCCC(C)C. The monoisotopic (exact) mass is 175 g/mol. The molecular weight excluding hydrogens is 151 g/mol. The summed E-state index contributed by atoms with van der Waals surface area (Å²) in [5.74, 6) is 0.917. The van der Waals surface area contributed by atoms with Gasteiger partial charge in [-0.1, -0.05) is 27.2 Å². The topological polar surface area (TPSA) is 0 Å². The van der Waals surface area contributed by atoms with Crippen LogP contribution in [0.1, 0.15) is 46.5 Å². The van der Waals surface area contributed by atoms with Crippen LogP contribution in [-0.2, 0) is 0 Å². The first-order valence-corrected chi connectivity index (χ1v) is 6.72. The summed E-state index contributed by atoms with van der Waals surface area (Å²) in [6, 6.07) is 0. The summed E-state index contributed by atoms with van der Waals surface area (Å²) in [5.41, 5.74) is 0. The van der Waals surface area contributed by atoms with E-state index in [2.05, 4.69) is 20.8 Å². The van der Waals surface area contributed by atoms with E-state index in [0.29, 0.717) is 0 Å². The zero-order valence-corrected chi connectivity index (χ0v) is 9.55. The molecule has 0 aromatic rings. The largest absolute Gasteiger partial charge is 0.0652 e. The summed E-state index contributed by atoms with van der Waals surface area (Å²) in [6.45, 7) is 6.93. The number of hydrogen-bond acceptors (Lipinski definition) is 0. The molecule has 0 radical (unpaired) electrons. The zero-order valence-electron chi connectivity index (χ0n) is 8.40. The first kappa shape index (κ1) is 11.4. The quantitative estimate of drug-likeness (QED) is 0.409. The molecule has 68 valence electrons. The van der Waals surface area contributed by atoms with Gasteiger partial charge in [-0.3, -0.25) is 0 Å². The maximum atomic E-state index is 2.32. The van der Waals surface area contributed by atoms with E-state index in [9.17, 15) is 0 Å². The first-order valence-electron chi connectivity index (χ1n) is 5.09. The van der Waals surface area contributed by atoms with Gasteiger partial charge >= 0.3 is 0 Å². The molecule has 0 aromatic carbocycles. The molecule has 0 fully saturated rings. The van der Waals surface area contributed by atoms with Crippen LogP contribution in [-0.4, -0.2) is 12.3 Å². The van der Waals surface area contributed by atoms with E-state index in [1.165, 1.54) is 38.0 Å². The maximum absolute atomic E-state index is 2.32. The Labute approximate surface area is 73.9 Å². The Kier molecular flexibility index (Phi) is 8.86. The third kappa shape index (κ3) is 10.4. The zero-order chi connectivity index (χ0) is 8.53. The van der Waals surface area contributed by atoms with Crippen LogP contribution >= 0.6 is 8.58 Å². The molecule has 0 aliphatic carbocycles. The summed E-state index contributed by atoms with van der Waals surface area (Å²) < 4.78 is 0. The van der Waals surface area contributed by atoms with Gasteiger partial charge in [-0.05, 0) is 33.8 Å². The molecule has 0 amide bonds. The molecular formula is C10H24P+. The Morgan fingerprint density at radius 3 is 2.27 bits per heavy atom. The summed E-state index contributed by atoms with van der Waals surface area (Å²) >= 11 is 0. The van der Waals surface area contributed by atoms with Crippen LogP contribution in [0.4, 0.5) is 0 Å². The van der Waals surface area contributed by atoms with Crippen LogP contribution in [0.2, 0.25) is 0 Å². The van der Waals surface area contributed by atoms with Gasteiger partial charge in [0.05, 0.1) is 12.3 Å². The van der Waals surface area contributed by atoms with Gasteiger partial charge in [0, 0.05) is 0 Å². The fourth-order valence-electron chi connectivity index (χ4n) is 1.16. The van der Waals surface area contributed by atoms with Crippen molar-refractivity contribution in [2.24, 2.45) is 5.92 Å². The standard InChI is InChI=1S/C10H23P/c1-4-5-8-11-9-6-7-10(2)3/h10-11H,4-9H2,1-3H3/p+1. The minimum atomic E-state index is 0.798. The molecule has 0 N–H and O–H groups in total. The van der Waals surface area contributed by atoms with Gasteiger partial charge in [0.25, 0.3) is 0 Å². The van der Waals surface area contributed by atoms with Crippen molar-refractivity contribution in [2.75, 3.05) is 12.3 Å². The normalized spacial score (nSPS) is 12.0. The van der Waals surface area contributed by atoms with Crippen LogP contribution in [0.25, 0.3) is 0 Å². The third-order valence-electron chi connectivity index (χ3n) is 1.95. The van der Waals surface area contributed by atoms with Gasteiger partial charge < -0.3 is 0 Å². The summed E-state index contributed by atoms with van der Waals surface area (Å²) in [5, 5.41) is 0. The second-order valence-corrected chi connectivity index (χ2v) is 5.49. The Balaban J connectivity index is 2.80. The van der Waals surface area contributed by atoms with Crippen molar-refractivity contribution in [3.63, 3.8) is 0 Å². The molecule has 1 unspecified atom stereocenters. The molecule has 0 saturated carbocycles. The maximum Gasteiger partial charge on any atom is 0.0549 e. The molecule has 0 heterocycles. The van der Waals surface area contributed by atoms with E-state index < -0.39 is 0 Å². The van der Waals surface area contributed by atoms with Crippen molar-refractivity contribution in [2.45, 2.75) is 46.5 Å². The van der Waals surface area contributed by atoms with Crippen molar-refractivity contribution in [1.29, 1.82) is 0 Å². The smallest absolute Gasteiger partial charge is 0.0549 e. The van der Waals surface area contributed by atoms with Gasteiger partial charge in [-0.15, -0.1) is 0 Å². The van der Waals surface area contributed by atoms with Gasteiger partial charge in [0.2, 0.25) is 0 Å². The molecule has 1 heteroatoms. The van der Waals surface area contributed by atoms with Crippen LogP contribution < -0.4 is 0 Å². The molecule has 11 heavy (non-hydrogen) atoms. The third-order valence-corrected chi connectivity index (χ3v) is 3.58. The number of unbranched alkanes of at least 4 members (excludes halogenated alkanes) is 1. The molecule has 0 rings (SSSR count). The fraction of sp³-hybridized carbons (Fsp3) is 1.00. The van der Waals surface area contributed by atoms with Gasteiger partial charge in [0.15, 0.2) is 0 Å². The minimum absolute atomic E-state index is 0.798. The molecule has 0 aliphatic heterocycles. The summed E-state index contributed by atoms with van der Waals surface area (Å²) in [6.07, 6.45) is 8.86. The van der Waals surface area contributed by atoms with E-state index in [1.54, 1.807) is 0 Å². The fourth-order valence-corrected chi connectivity index (χ4v) is 2.67. The highest BCUT2D eigenvalue weighted by molar-refractivity contribution is 7.37. The van der Waals surface area contributed by atoms with Gasteiger partial charge in [-0.2, -0.15) is 0 Å². The van der Waals surface area contributed by atoms with Gasteiger partial charge in [-0.25, -0.2) is 0 Å². The molecule has 0 aromatic heterocycles. The van der Waals surface area contributed by atoms with Crippen molar-refractivity contribution in [3.05, 3.63) is 0 Å². The second-order valence-electron chi connectivity index (χ2n) is 3.76. The Hall–Kier alpha value is 0.430. The van der Waals surface area contributed by atoms with Crippen molar-refractivity contribution in [1.82, 2.24) is 0 Å². The number of rotatable bonds is 7. The molecule has 0 nitrogen and oxygen atoms in total. The van der Waals surface area contributed by atoms with Crippen LogP contribution in [0.5, 0.6) is 0 Å². The van der Waals surface area contributed by atoms with Crippen molar-refractivity contribution in [3.8, 4) is 0 Å². The van der Waals surface area contributed by atoms with Crippen LogP contribution in [0.3, 0.4) is 0 Å². The molecule has 1 atom stereocenters. The first-order chi connectivity index (χ1) is 5.27. The Morgan fingerprint density at radius 1 is 1.09 bits per heavy atom. The average molecular weight is 175 g/mol. The minimum Gasteiger partial charge on any atom is -0.0652 e. The molecule has 0 aliphatic rings. The second kappa shape index (κ2) is 8.53. The summed E-state index contributed by atoms with van der Waals surface area (Å²) in [4.78, 5) is 0. The lowest BCUT2D eigenvalue weighted by Crippen LogP contribution is -1.88. The van der Waals surface area contributed by atoms with E-state index in [1.807, 2.05) is 0 Å². The highest BCUT2D eigenvalue weighted by atomic mass is 31.1. The summed E-state index contributed by atoms with van der Waals surface area (Å²) in [7, 11) is 0.798. The predicted octanol–water partition coefficient (Wildman–Crippen LogP) is 3.63. The van der Waals surface area contributed by atoms with E-state index in [-0.39, 0.29) is 0 Å².